The van der Waals surface area contributed by atoms with Gasteiger partial charge in [0.05, 0.1) is 6.61 Å². The molecule has 0 N–H and O–H groups in total. The van der Waals surface area contributed by atoms with Crippen molar-refractivity contribution in [3.63, 3.8) is 0 Å². The molecule has 2 heterocycles. The Balaban J connectivity index is 1.89. The molecule has 0 fully saturated rings. The Hall–Kier alpha value is -2.66. The van der Waals surface area contributed by atoms with Gasteiger partial charge in [0.1, 0.15) is 16.7 Å². The molecule has 0 saturated heterocycles. The molecule has 194 valence electrons. The molecule has 0 spiro atoms. The highest BCUT2D eigenvalue weighted by molar-refractivity contribution is 7.84. The Morgan fingerprint density at radius 2 is 1.92 bits per heavy atom. The fraction of sp³-hybridized carbons (Fsp3) is 0.200. The number of thiophene rings is 1. The average molecular weight is 587 g/mol. The van der Waals surface area contributed by atoms with E-state index < -0.39 is 34.6 Å². The molecule has 0 aliphatic heterocycles. The second-order valence-corrected chi connectivity index (χ2v) is 11.1. The van der Waals surface area contributed by atoms with Gasteiger partial charge >= 0.3 is 12.1 Å². The summed E-state index contributed by atoms with van der Waals surface area (Å²) in [5, 5.41) is 0.772. The van der Waals surface area contributed by atoms with Crippen LogP contribution < -0.4 is 0 Å². The van der Waals surface area contributed by atoms with Gasteiger partial charge in [-0.05, 0) is 54.4 Å². The van der Waals surface area contributed by atoms with Crippen LogP contribution in [0.15, 0.2) is 65.7 Å². The maximum atomic E-state index is 13.8. The minimum atomic E-state index is -4.76. The van der Waals surface area contributed by atoms with Gasteiger partial charge < -0.3 is 4.74 Å². The smallest absolute Gasteiger partial charge is 0.434 e. The van der Waals surface area contributed by atoms with Gasteiger partial charge in [0.15, 0.2) is 5.69 Å². The van der Waals surface area contributed by atoms with E-state index in [1.807, 2.05) is 6.07 Å². The van der Waals surface area contributed by atoms with Gasteiger partial charge in [0.2, 0.25) is 0 Å². The number of ether oxygens (including phenoxy) is 1. The molecule has 2 aromatic carbocycles. The second-order valence-electron chi connectivity index (χ2n) is 7.82. The zero-order valence-corrected chi connectivity index (χ0v) is 22.5. The normalized spacial score (nSPS) is 13.4. The summed E-state index contributed by atoms with van der Waals surface area (Å²) >= 11 is 13.6. The molecular weight excluding hydrogens is 568 g/mol. The maximum Gasteiger partial charge on any atom is 0.434 e. The quantitative estimate of drug-likeness (QED) is 0.212. The fourth-order valence-corrected chi connectivity index (χ4v) is 5.75. The number of aromatic nitrogens is 2. The van der Waals surface area contributed by atoms with E-state index in [-0.39, 0.29) is 23.0 Å². The van der Waals surface area contributed by atoms with Gasteiger partial charge in [-0.25, -0.2) is 4.98 Å². The molecule has 12 heteroatoms. The Kier molecular flexibility index (Phi) is 8.13. The van der Waals surface area contributed by atoms with Crippen molar-refractivity contribution in [2.24, 2.45) is 0 Å². The third kappa shape index (κ3) is 5.93. The van der Waals surface area contributed by atoms with Crippen LogP contribution >= 0.6 is 34.5 Å². The van der Waals surface area contributed by atoms with E-state index in [1.165, 1.54) is 34.1 Å². The zero-order chi connectivity index (χ0) is 26.9. The van der Waals surface area contributed by atoms with Crippen molar-refractivity contribution in [3.05, 3.63) is 87.9 Å². The molecule has 4 aromatic rings. The molecule has 4 rings (SSSR count). The molecule has 37 heavy (non-hydrogen) atoms. The van der Waals surface area contributed by atoms with Gasteiger partial charge in [-0.1, -0.05) is 41.4 Å². The largest absolute Gasteiger partial charge is 0.465 e. The third-order valence-corrected chi connectivity index (χ3v) is 7.97. The zero-order valence-electron chi connectivity index (χ0n) is 19.4. The molecule has 2 atom stereocenters. The highest BCUT2D eigenvalue weighted by Crippen LogP contribution is 2.39. The number of alkyl halides is 3. The maximum absolute atomic E-state index is 13.8. The molecular formula is C25H19Cl2F3N2O3S2. The first-order valence-corrected chi connectivity index (χ1v) is 13.9. The lowest BCUT2D eigenvalue weighted by Crippen LogP contribution is -2.21. The lowest BCUT2D eigenvalue weighted by molar-refractivity contribution is -0.145. The van der Waals surface area contributed by atoms with Crippen LogP contribution in [0, 0.1) is 0 Å². The molecule has 0 aliphatic carbocycles. The first kappa shape index (κ1) is 27.4. The van der Waals surface area contributed by atoms with Crippen molar-refractivity contribution in [1.29, 1.82) is 0 Å². The first-order valence-electron chi connectivity index (χ1n) is 10.8. The number of esters is 1. The number of rotatable bonds is 7. The molecule has 0 saturated carbocycles. The minimum Gasteiger partial charge on any atom is -0.465 e. The summed E-state index contributed by atoms with van der Waals surface area (Å²) < 4.78 is 59.7. The van der Waals surface area contributed by atoms with Gasteiger partial charge in [-0.2, -0.15) is 13.2 Å². The lowest BCUT2D eigenvalue weighted by atomic mass is 9.98. The minimum absolute atomic E-state index is 0.00562. The number of benzene rings is 2. The van der Waals surface area contributed by atoms with Gasteiger partial charge in [0.25, 0.3) is 0 Å². The van der Waals surface area contributed by atoms with Gasteiger partial charge in [-0.3, -0.25) is 13.6 Å². The van der Waals surface area contributed by atoms with E-state index in [4.69, 9.17) is 27.9 Å². The van der Waals surface area contributed by atoms with Crippen molar-refractivity contribution in [2.45, 2.75) is 23.9 Å². The summed E-state index contributed by atoms with van der Waals surface area (Å²) in [6, 6.07) is 14.8. The molecule has 0 aliphatic rings. The van der Waals surface area contributed by atoms with Gasteiger partial charge in [-0.15, -0.1) is 11.3 Å². The summed E-state index contributed by atoms with van der Waals surface area (Å²) in [5.41, 5.74) is -0.204. The average Bonchev–Trinajstić information content (AvgIpc) is 3.48. The van der Waals surface area contributed by atoms with Crippen LogP contribution in [0.3, 0.4) is 0 Å². The summed E-state index contributed by atoms with van der Waals surface area (Å²) in [5.74, 6) is -2.36. The Labute approximate surface area is 227 Å². The van der Waals surface area contributed by atoms with Gasteiger partial charge in [0, 0.05) is 43.1 Å². The van der Waals surface area contributed by atoms with Crippen LogP contribution in [0.5, 0.6) is 0 Å². The van der Waals surface area contributed by atoms with Crippen molar-refractivity contribution < 1.29 is 26.9 Å². The van der Waals surface area contributed by atoms with Crippen molar-refractivity contribution >= 4 is 51.3 Å². The highest BCUT2D eigenvalue weighted by atomic mass is 35.5. The summed E-state index contributed by atoms with van der Waals surface area (Å²) in [7, 11) is -1.20. The topological polar surface area (TPSA) is 61.2 Å². The molecule has 0 amide bonds. The molecule has 0 radical (unpaired) electrons. The molecule has 0 bridgehead atoms. The molecule has 2 unspecified atom stereocenters. The lowest BCUT2D eigenvalue weighted by Gasteiger charge is -2.18. The molecule has 2 aromatic heterocycles. The summed E-state index contributed by atoms with van der Waals surface area (Å²) in [6.07, 6.45) is -2.35. The van der Waals surface area contributed by atoms with E-state index in [0.717, 1.165) is 16.6 Å². The van der Waals surface area contributed by atoms with E-state index in [9.17, 15) is 22.2 Å². The van der Waals surface area contributed by atoms with Crippen LogP contribution in [0.2, 0.25) is 10.0 Å². The number of hydrogen-bond donors (Lipinski definition) is 0. The second kappa shape index (κ2) is 11.0. The standard InChI is InChI=1S/C25H19Cl2F3N2O3S2/c1-3-35-24(33)22(17-8-7-15(26)12-18(17)27)23-31-20(25(28,29)30)13-32(23)21-10-9-19(36-21)14-5-4-6-16(11-14)37(2)34/h4-13,22H,3H2,1-2H3. The van der Waals surface area contributed by atoms with E-state index in [0.29, 0.717) is 14.9 Å². The van der Waals surface area contributed by atoms with Crippen LogP contribution in [0.4, 0.5) is 13.2 Å². The summed E-state index contributed by atoms with van der Waals surface area (Å²) in [6.45, 7) is 1.60. The van der Waals surface area contributed by atoms with Crippen LogP contribution in [-0.2, 0) is 26.5 Å². The SMILES string of the molecule is CCOC(=O)C(c1ccc(Cl)cc1Cl)c1nc(C(F)(F)F)cn1-c1ccc(-c2cccc(S(C)=O)c2)s1. The Bertz CT molecular complexity index is 1480. The monoisotopic (exact) mass is 586 g/mol. The summed E-state index contributed by atoms with van der Waals surface area (Å²) in [4.78, 5) is 18.3. The van der Waals surface area contributed by atoms with Crippen molar-refractivity contribution in [1.82, 2.24) is 9.55 Å². The van der Waals surface area contributed by atoms with Crippen LogP contribution in [0.25, 0.3) is 15.4 Å². The van der Waals surface area contributed by atoms with Crippen LogP contribution in [-0.4, -0.2) is 32.6 Å². The predicted octanol–water partition coefficient (Wildman–Crippen LogP) is 7.36. The number of carbonyl (C=O) groups is 1. The number of halogens is 5. The van der Waals surface area contributed by atoms with E-state index >= 15 is 0 Å². The fourth-order valence-electron chi connectivity index (χ4n) is 3.68. The third-order valence-electron chi connectivity index (χ3n) is 5.36. The number of carbonyl (C=O) groups excluding carboxylic acids is 1. The van der Waals surface area contributed by atoms with Crippen LogP contribution in [0.1, 0.15) is 29.9 Å². The number of hydrogen-bond acceptors (Lipinski definition) is 5. The predicted molar refractivity (Wildman–Crippen MR) is 139 cm³/mol. The Morgan fingerprint density at radius 3 is 2.57 bits per heavy atom. The number of nitrogens with zero attached hydrogens (tertiary/aromatic N) is 2. The molecule has 5 nitrogen and oxygen atoms in total. The van der Waals surface area contributed by atoms with Crippen molar-refractivity contribution in [3.8, 4) is 15.4 Å². The van der Waals surface area contributed by atoms with E-state index in [2.05, 4.69) is 4.98 Å². The number of imidazole rings is 1. The van der Waals surface area contributed by atoms with E-state index in [1.54, 1.807) is 43.5 Å². The Morgan fingerprint density at radius 1 is 1.16 bits per heavy atom. The first-order chi connectivity index (χ1) is 17.5. The van der Waals surface area contributed by atoms with Crippen molar-refractivity contribution in [2.75, 3.05) is 12.9 Å². The highest BCUT2D eigenvalue weighted by Gasteiger charge is 2.39.